The molecule has 1 aromatic rings. The number of hydrogen-bond donors (Lipinski definition) is 1. The first kappa shape index (κ1) is 13.3. The fourth-order valence-electron chi connectivity index (χ4n) is 1.73. The van der Waals surface area contributed by atoms with Crippen molar-refractivity contribution in [1.82, 2.24) is 14.5 Å². The van der Waals surface area contributed by atoms with E-state index in [9.17, 15) is 19.2 Å². The number of amides is 2. The van der Waals surface area contributed by atoms with Crippen LogP contribution in [0.4, 0.5) is 0 Å². The number of rotatable bonds is 1. The Morgan fingerprint density at radius 1 is 1.21 bits per heavy atom. The van der Waals surface area contributed by atoms with E-state index in [1.807, 2.05) is 0 Å². The second kappa shape index (κ2) is 4.51. The molecule has 7 nitrogen and oxygen atoms in total. The Morgan fingerprint density at radius 2 is 1.84 bits per heavy atom. The summed E-state index contributed by atoms with van der Waals surface area (Å²) >= 11 is 5.88. The third-order valence-corrected chi connectivity index (χ3v) is 3.25. The molecule has 2 rings (SSSR count). The van der Waals surface area contributed by atoms with Gasteiger partial charge in [0.15, 0.2) is 0 Å². The molecule has 19 heavy (non-hydrogen) atoms. The number of imide groups is 1. The van der Waals surface area contributed by atoms with Crippen molar-refractivity contribution in [3.05, 3.63) is 43.7 Å². The van der Waals surface area contributed by atoms with Crippen LogP contribution < -0.4 is 11.2 Å². The molecule has 0 radical (unpaired) electrons. The van der Waals surface area contributed by atoms with E-state index in [-0.39, 0.29) is 10.7 Å². The van der Waals surface area contributed by atoms with E-state index < -0.39 is 29.0 Å². The minimum Gasteiger partial charge on any atom is -0.310 e. The zero-order valence-corrected chi connectivity index (χ0v) is 10.9. The Bertz CT molecular complexity index is 684. The lowest BCUT2D eigenvalue weighted by Crippen LogP contribution is -2.42. The molecule has 1 aliphatic rings. The molecule has 1 atom stereocenters. The first-order valence-corrected chi connectivity index (χ1v) is 5.69. The van der Waals surface area contributed by atoms with E-state index in [1.54, 1.807) is 0 Å². The van der Waals surface area contributed by atoms with Crippen molar-refractivity contribution in [3.8, 4) is 0 Å². The third kappa shape index (κ3) is 2.12. The molecular weight excluding hydrogens is 274 g/mol. The molecule has 0 bridgehead atoms. The number of likely N-dealkylation sites (N-methyl/N-ethyl adjacent to an activating group) is 1. The number of hydrogen-bond acceptors (Lipinski definition) is 4. The molecule has 0 aliphatic carbocycles. The van der Waals surface area contributed by atoms with E-state index in [2.05, 4.69) is 4.98 Å². The summed E-state index contributed by atoms with van der Waals surface area (Å²) in [6.45, 7) is 0. The Hall–Kier alpha value is -2.15. The summed E-state index contributed by atoms with van der Waals surface area (Å²) in [7, 11) is 2.61. The lowest BCUT2D eigenvalue weighted by molar-refractivity contribution is -0.141. The summed E-state index contributed by atoms with van der Waals surface area (Å²) in [6.07, 6.45) is 1.09. The molecule has 0 spiro atoms. The number of carbonyl (C=O) groups excluding carboxylic acids is 2. The predicted molar refractivity (Wildman–Crippen MR) is 66.8 cm³/mol. The summed E-state index contributed by atoms with van der Waals surface area (Å²) in [5.74, 6) is -2.18. The molecule has 0 saturated carbocycles. The fourth-order valence-corrected chi connectivity index (χ4v) is 2.03. The van der Waals surface area contributed by atoms with E-state index >= 15 is 0 Å². The lowest BCUT2D eigenvalue weighted by atomic mass is 9.99. The Kier molecular flexibility index (Phi) is 3.15. The minimum atomic E-state index is -1.04. The standard InChI is InChI=1S/C11H10ClN3O4/c1-14-7(16)3-5(12)9(10(14)18)6-4-8(17)15(2)11(19)13-6/h3-4,9H,1-2H3,(H,13,19). The summed E-state index contributed by atoms with van der Waals surface area (Å²) < 4.78 is 0.864. The number of H-pyrrole nitrogens is 1. The quantitative estimate of drug-likeness (QED) is 0.688. The number of nitrogens with zero attached hydrogens (tertiary/aromatic N) is 2. The highest BCUT2D eigenvalue weighted by molar-refractivity contribution is 6.35. The van der Waals surface area contributed by atoms with Crippen LogP contribution in [0, 0.1) is 0 Å². The maximum atomic E-state index is 12.0. The van der Waals surface area contributed by atoms with Gasteiger partial charge in [0.2, 0.25) is 5.91 Å². The highest BCUT2D eigenvalue weighted by Gasteiger charge is 2.35. The molecular formula is C11H10ClN3O4. The highest BCUT2D eigenvalue weighted by atomic mass is 35.5. The van der Waals surface area contributed by atoms with Crippen LogP contribution in [0.1, 0.15) is 11.6 Å². The van der Waals surface area contributed by atoms with Gasteiger partial charge < -0.3 is 4.98 Å². The van der Waals surface area contributed by atoms with Crippen molar-refractivity contribution < 1.29 is 9.59 Å². The molecule has 1 aromatic heterocycles. The minimum absolute atomic E-state index is 0.0306. The number of carbonyl (C=O) groups is 2. The molecule has 1 N–H and O–H groups in total. The van der Waals surface area contributed by atoms with E-state index in [0.29, 0.717) is 0 Å². The van der Waals surface area contributed by atoms with Gasteiger partial charge in [0.05, 0.1) is 0 Å². The smallest absolute Gasteiger partial charge is 0.310 e. The van der Waals surface area contributed by atoms with Crippen molar-refractivity contribution in [3.63, 3.8) is 0 Å². The first-order chi connectivity index (χ1) is 8.82. The fraction of sp³-hybridized carbons (Fsp3) is 0.273. The molecule has 1 aliphatic heterocycles. The Labute approximate surface area is 112 Å². The van der Waals surface area contributed by atoms with Crippen LogP contribution >= 0.6 is 11.6 Å². The summed E-state index contributed by atoms with van der Waals surface area (Å²) in [5.41, 5.74) is -1.14. The zero-order valence-electron chi connectivity index (χ0n) is 10.1. The maximum Gasteiger partial charge on any atom is 0.328 e. The second-order valence-corrected chi connectivity index (χ2v) is 4.56. The van der Waals surface area contributed by atoms with Crippen molar-refractivity contribution in [2.75, 3.05) is 7.05 Å². The normalized spacial score (nSPS) is 19.6. The van der Waals surface area contributed by atoms with Gasteiger partial charge in [-0.15, -0.1) is 0 Å². The topological polar surface area (TPSA) is 92.2 Å². The summed E-state index contributed by atoms with van der Waals surface area (Å²) in [6, 6.07) is 1.11. The Morgan fingerprint density at radius 3 is 2.42 bits per heavy atom. The average molecular weight is 284 g/mol. The molecule has 100 valence electrons. The molecule has 0 aromatic carbocycles. The number of aromatic amines is 1. The third-order valence-electron chi connectivity index (χ3n) is 2.92. The van der Waals surface area contributed by atoms with E-state index in [1.165, 1.54) is 14.1 Å². The second-order valence-electron chi connectivity index (χ2n) is 4.12. The number of halogens is 1. The van der Waals surface area contributed by atoms with Gasteiger partial charge in [-0.3, -0.25) is 23.9 Å². The van der Waals surface area contributed by atoms with Gasteiger partial charge in [0.1, 0.15) is 5.92 Å². The van der Waals surface area contributed by atoms with Crippen LogP contribution in [0.25, 0.3) is 0 Å². The van der Waals surface area contributed by atoms with Crippen LogP contribution in [-0.4, -0.2) is 33.3 Å². The Balaban J connectivity index is 2.62. The van der Waals surface area contributed by atoms with Crippen molar-refractivity contribution >= 4 is 23.4 Å². The molecule has 8 heteroatoms. The molecule has 0 fully saturated rings. The van der Waals surface area contributed by atoms with Crippen molar-refractivity contribution in [2.24, 2.45) is 7.05 Å². The summed E-state index contributed by atoms with van der Waals surface area (Å²) in [4.78, 5) is 49.7. The SMILES string of the molecule is CN1C(=O)C=C(Cl)C(c2cc(=O)n(C)c(=O)[nH]2)C1=O. The largest absolute Gasteiger partial charge is 0.328 e. The van der Waals surface area contributed by atoms with Gasteiger partial charge in [0.25, 0.3) is 11.5 Å². The zero-order chi connectivity index (χ0) is 14.3. The molecule has 2 heterocycles. The first-order valence-electron chi connectivity index (χ1n) is 5.32. The maximum absolute atomic E-state index is 12.0. The van der Waals surface area contributed by atoms with Gasteiger partial charge >= 0.3 is 5.69 Å². The monoisotopic (exact) mass is 283 g/mol. The van der Waals surface area contributed by atoms with Crippen LogP contribution in [-0.2, 0) is 16.6 Å². The van der Waals surface area contributed by atoms with Gasteiger partial charge in [-0.25, -0.2) is 4.79 Å². The number of aromatic nitrogens is 2. The molecule has 0 saturated heterocycles. The van der Waals surface area contributed by atoms with E-state index in [4.69, 9.17) is 11.6 Å². The number of nitrogens with one attached hydrogen (secondary N) is 1. The van der Waals surface area contributed by atoms with Crippen molar-refractivity contribution in [1.29, 1.82) is 0 Å². The van der Waals surface area contributed by atoms with Crippen LogP contribution in [0.3, 0.4) is 0 Å². The van der Waals surface area contributed by atoms with Crippen molar-refractivity contribution in [2.45, 2.75) is 5.92 Å². The van der Waals surface area contributed by atoms with Gasteiger partial charge in [0, 0.05) is 37.0 Å². The van der Waals surface area contributed by atoms with Gasteiger partial charge in [-0.2, -0.15) is 0 Å². The van der Waals surface area contributed by atoms with E-state index in [0.717, 1.165) is 21.6 Å². The van der Waals surface area contributed by atoms with Gasteiger partial charge in [-0.05, 0) is 0 Å². The van der Waals surface area contributed by atoms with Crippen LogP contribution in [0.15, 0.2) is 26.8 Å². The van der Waals surface area contributed by atoms with Crippen LogP contribution in [0.2, 0.25) is 0 Å². The van der Waals surface area contributed by atoms with Crippen LogP contribution in [0.5, 0.6) is 0 Å². The predicted octanol–water partition coefficient (Wildman–Crippen LogP) is -0.722. The van der Waals surface area contributed by atoms with Gasteiger partial charge in [-0.1, -0.05) is 11.6 Å². The average Bonchev–Trinajstić information content (AvgIpc) is 2.33. The molecule has 1 unspecified atom stereocenters. The highest BCUT2D eigenvalue weighted by Crippen LogP contribution is 2.30. The molecule has 2 amide bonds. The summed E-state index contributed by atoms with van der Waals surface area (Å²) in [5, 5.41) is -0.0306. The lowest BCUT2D eigenvalue weighted by Gasteiger charge is -2.25.